The first-order chi connectivity index (χ1) is 10.6. The number of fused-ring (bicyclic) bond motifs is 1. The summed E-state index contributed by atoms with van der Waals surface area (Å²) in [5, 5.41) is 2.80. The summed E-state index contributed by atoms with van der Waals surface area (Å²) in [5.41, 5.74) is 0.916. The Labute approximate surface area is 130 Å². The second-order valence-electron chi connectivity index (χ2n) is 5.07. The minimum atomic E-state index is -0.254. The van der Waals surface area contributed by atoms with Crippen LogP contribution in [-0.4, -0.2) is 53.8 Å². The second-order valence-corrected chi connectivity index (χ2v) is 5.07. The maximum atomic E-state index is 12.1. The Bertz CT molecular complexity index is 547. The highest BCUT2D eigenvalue weighted by Crippen LogP contribution is 2.22. The first kappa shape index (κ1) is 16.0. The molecule has 1 aliphatic heterocycles. The third-order valence-electron chi connectivity index (χ3n) is 3.76. The molecule has 1 heterocycles. The van der Waals surface area contributed by atoms with Crippen LogP contribution >= 0.6 is 0 Å². The highest BCUT2D eigenvalue weighted by molar-refractivity contribution is 6.21. The minimum Gasteiger partial charge on any atom is -0.338 e. The van der Waals surface area contributed by atoms with Gasteiger partial charge in [0.05, 0.1) is 11.1 Å². The molecule has 1 aliphatic rings. The van der Waals surface area contributed by atoms with Gasteiger partial charge in [0, 0.05) is 26.2 Å². The molecule has 118 valence electrons. The topological polar surface area (TPSA) is 69.7 Å². The molecule has 0 unspecified atom stereocenters. The molecular formula is C16H21N3O3. The summed E-state index contributed by atoms with van der Waals surface area (Å²) in [4.78, 5) is 39.0. The van der Waals surface area contributed by atoms with Crippen LogP contribution < -0.4 is 5.32 Å². The fourth-order valence-corrected chi connectivity index (χ4v) is 2.50. The molecular weight excluding hydrogens is 282 g/mol. The maximum Gasteiger partial charge on any atom is 0.317 e. The molecule has 0 atom stereocenters. The van der Waals surface area contributed by atoms with Gasteiger partial charge in [-0.3, -0.25) is 14.5 Å². The fourth-order valence-electron chi connectivity index (χ4n) is 2.50. The van der Waals surface area contributed by atoms with E-state index in [1.54, 1.807) is 29.2 Å². The van der Waals surface area contributed by atoms with Crippen molar-refractivity contribution in [1.82, 2.24) is 15.1 Å². The predicted octanol–water partition coefficient (Wildman–Crippen LogP) is 1.72. The van der Waals surface area contributed by atoms with Gasteiger partial charge in [-0.05, 0) is 32.4 Å². The zero-order chi connectivity index (χ0) is 16.1. The van der Waals surface area contributed by atoms with Crippen LogP contribution in [0.2, 0.25) is 0 Å². The van der Waals surface area contributed by atoms with Gasteiger partial charge in [0.25, 0.3) is 11.8 Å². The number of nitrogens with one attached hydrogen (secondary N) is 1. The number of imide groups is 1. The summed E-state index contributed by atoms with van der Waals surface area (Å²) in [7, 11) is 0. The fraction of sp³-hybridized carbons (Fsp3) is 0.438. The predicted molar refractivity (Wildman–Crippen MR) is 82.7 cm³/mol. The van der Waals surface area contributed by atoms with E-state index in [9.17, 15) is 14.4 Å². The molecule has 0 saturated heterocycles. The summed E-state index contributed by atoms with van der Waals surface area (Å²) in [6, 6.07) is 6.71. The Kier molecular flexibility index (Phi) is 5.14. The molecule has 6 heteroatoms. The molecule has 0 radical (unpaired) electrons. The molecule has 1 N–H and O–H groups in total. The summed E-state index contributed by atoms with van der Waals surface area (Å²) in [6.07, 6.45) is 0.540. The summed E-state index contributed by atoms with van der Waals surface area (Å²) in [6.45, 7) is 5.89. The van der Waals surface area contributed by atoms with Crippen LogP contribution in [0.25, 0.3) is 0 Å². The van der Waals surface area contributed by atoms with Gasteiger partial charge in [0.1, 0.15) is 0 Å². The molecule has 22 heavy (non-hydrogen) atoms. The summed E-state index contributed by atoms with van der Waals surface area (Å²) in [5.74, 6) is -0.508. The Morgan fingerprint density at radius 3 is 2.14 bits per heavy atom. The van der Waals surface area contributed by atoms with Gasteiger partial charge < -0.3 is 10.2 Å². The zero-order valence-electron chi connectivity index (χ0n) is 13.0. The Hall–Kier alpha value is -2.37. The highest BCUT2D eigenvalue weighted by atomic mass is 16.2. The lowest BCUT2D eigenvalue weighted by atomic mass is 10.1. The van der Waals surface area contributed by atoms with Crippen LogP contribution in [0.1, 0.15) is 41.0 Å². The number of hydrogen-bond acceptors (Lipinski definition) is 3. The van der Waals surface area contributed by atoms with E-state index in [4.69, 9.17) is 0 Å². The molecule has 1 aromatic carbocycles. The summed E-state index contributed by atoms with van der Waals surface area (Å²) < 4.78 is 0. The molecule has 6 nitrogen and oxygen atoms in total. The van der Waals surface area contributed by atoms with Crippen LogP contribution in [0.3, 0.4) is 0 Å². The standard InChI is InChI=1S/C16H21N3O3/c1-3-18(4-2)16(22)17-10-7-11-19-14(20)12-8-5-6-9-13(12)15(19)21/h5-6,8-9H,3-4,7,10-11H2,1-2H3,(H,17,22). The van der Waals surface area contributed by atoms with E-state index >= 15 is 0 Å². The lowest BCUT2D eigenvalue weighted by Crippen LogP contribution is -2.41. The first-order valence-corrected chi connectivity index (χ1v) is 7.58. The van der Waals surface area contributed by atoms with E-state index in [1.807, 2.05) is 13.8 Å². The van der Waals surface area contributed by atoms with Crippen molar-refractivity contribution in [1.29, 1.82) is 0 Å². The quantitative estimate of drug-likeness (QED) is 0.642. The van der Waals surface area contributed by atoms with E-state index in [0.717, 1.165) is 0 Å². The van der Waals surface area contributed by atoms with E-state index in [2.05, 4.69) is 5.32 Å². The average molecular weight is 303 g/mol. The van der Waals surface area contributed by atoms with Gasteiger partial charge in [-0.2, -0.15) is 0 Å². The van der Waals surface area contributed by atoms with E-state index in [0.29, 0.717) is 43.7 Å². The number of carbonyl (C=O) groups is 3. The van der Waals surface area contributed by atoms with Gasteiger partial charge in [-0.1, -0.05) is 12.1 Å². The molecule has 2 rings (SSSR count). The average Bonchev–Trinajstić information content (AvgIpc) is 2.77. The van der Waals surface area contributed by atoms with Crippen LogP contribution in [0, 0.1) is 0 Å². The zero-order valence-corrected chi connectivity index (χ0v) is 13.0. The molecule has 4 amide bonds. The molecule has 0 aliphatic carbocycles. The molecule has 0 bridgehead atoms. The first-order valence-electron chi connectivity index (χ1n) is 7.58. The second kappa shape index (κ2) is 7.06. The van der Waals surface area contributed by atoms with Crippen molar-refractivity contribution >= 4 is 17.8 Å². The number of carbonyl (C=O) groups excluding carboxylic acids is 3. The Morgan fingerprint density at radius 1 is 1.09 bits per heavy atom. The van der Waals surface area contributed by atoms with E-state index in [-0.39, 0.29) is 17.8 Å². The smallest absolute Gasteiger partial charge is 0.317 e. The van der Waals surface area contributed by atoms with Crippen LogP contribution in [0.4, 0.5) is 4.79 Å². The van der Waals surface area contributed by atoms with Gasteiger partial charge in [0.2, 0.25) is 0 Å². The lowest BCUT2D eigenvalue weighted by Gasteiger charge is -2.19. The van der Waals surface area contributed by atoms with Crippen LogP contribution in [-0.2, 0) is 0 Å². The molecule has 0 aromatic heterocycles. The number of urea groups is 1. The van der Waals surface area contributed by atoms with Gasteiger partial charge in [-0.25, -0.2) is 4.79 Å². The summed E-state index contributed by atoms with van der Waals surface area (Å²) >= 11 is 0. The van der Waals surface area contributed by atoms with Gasteiger partial charge in [-0.15, -0.1) is 0 Å². The number of benzene rings is 1. The Balaban J connectivity index is 1.83. The van der Waals surface area contributed by atoms with Crippen molar-refractivity contribution in [2.24, 2.45) is 0 Å². The van der Waals surface area contributed by atoms with Crippen LogP contribution in [0.5, 0.6) is 0 Å². The largest absolute Gasteiger partial charge is 0.338 e. The van der Waals surface area contributed by atoms with E-state index in [1.165, 1.54) is 4.90 Å². The number of amides is 4. The molecule has 0 saturated carbocycles. The van der Waals surface area contributed by atoms with E-state index < -0.39 is 0 Å². The van der Waals surface area contributed by atoms with Crippen molar-refractivity contribution in [2.45, 2.75) is 20.3 Å². The Morgan fingerprint density at radius 2 is 1.64 bits per heavy atom. The van der Waals surface area contributed by atoms with Crippen molar-refractivity contribution in [2.75, 3.05) is 26.2 Å². The monoisotopic (exact) mass is 303 g/mol. The van der Waals surface area contributed by atoms with Crippen molar-refractivity contribution in [3.05, 3.63) is 35.4 Å². The number of nitrogens with zero attached hydrogens (tertiary/aromatic N) is 2. The normalized spacial score (nSPS) is 13.3. The maximum absolute atomic E-state index is 12.1. The number of hydrogen-bond donors (Lipinski definition) is 1. The molecule has 0 fully saturated rings. The van der Waals surface area contributed by atoms with Crippen molar-refractivity contribution in [3.63, 3.8) is 0 Å². The van der Waals surface area contributed by atoms with Crippen molar-refractivity contribution < 1.29 is 14.4 Å². The highest BCUT2D eigenvalue weighted by Gasteiger charge is 2.34. The third-order valence-corrected chi connectivity index (χ3v) is 3.76. The van der Waals surface area contributed by atoms with Gasteiger partial charge >= 0.3 is 6.03 Å². The molecule has 0 spiro atoms. The molecule has 1 aromatic rings. The van der Waals surface area contributed by atoms with Gasteiger partial charge in [0.15, 0.2) is 0 Å². The minimum absolute atomic E-state index is 0.118. The lowest BCUT2D eigenvalue weighted by molar-refractivity contribution is 0.0653. The SMILES string of the molecule is CCN(CC)C(=O)NCCCN1C(=O)c2ccccc2C1=O. The number of rotatable bonds is 6. The third kappa shape index (κ3) is 3.10. The van der Waals surface area contributed by atoms with Crippen molar-refractivity contribution in [3.8, 4) is 0 Å². The van der Waals surface area contributed by atoms with Crippen LogP contribution in [0.15, 0.2) is 24.3 Å².